The third-order valence-corrected chi connectivity index (χ3v) is 6.39. The molecule has 4 aromatic rings. The van der Waals surface area contributed by atoms with Crippen molar-refractivity contribution in [1.82, 2.24) is 24.7 Å². The molecule has 2 aromatic carbocycles. The Hall–Kier alpha value is -2.84. The summed E-state index contributed by atoms with van der Waals surface area (Å²) in [4.78, 5) is 9.47. The average molecular weight is 436 g/mol. The Morgan fingerprint density at radius 1 is 1.06 bits per heavy atom. The van der Waals surface area contributed by atoms with Gasteiger partial charge in [-0.2, -0.15) is 0 Å². The van der Waals surface area contributed by atoms with Crippen LogP contribution in [0.15, 0.2) is 53.7 Å². The number of hydrogen-bond donors (Lipinski definition) is 0. The Kier molecular flexibility index (Phi) is 5.65. The summed E-state index contributed by atoms with van der Waals surface area (Å²) in [6, 6.07) is 14.2. The standard InChI is InChI=1S/C23H22FN5OS/c1-15-21(26-20-7-3-2-6-19(20)25-15)14-31-23-28-27-22(16-8-10-17(24)11-9-16)29(23)13-18-5-4-12-30-18/h2-3,6-11,18H,4-5,12-14H2,1H3/t18-/m0/s1. The van der Waals surface area contributed by atoms with E-state index < -0.39 is 0 Å². The zero-order chi connectivity index (χ0) is 21.2. The minimum absolute atomic E-state index is 0.136. The van der Waals surface area contributed by atoms with Crippen LogP contribution in [0.5, 0.6) is 0 Å². The molecule has 3 heterocycles. The zero-order valence-electron chi connectivity index (χ0n) is 17.2. The van der Waals surface area contributed by atoms with Crippen LogP contribution in [0.25, 0.3) is 22.4 Å². The van der Waals surface area contributed by atoms with E-state index >= 15 is 0 Å². The number of benzene rings is 2. The van der Waals surface area contributed by atoms with Gasteiger partial charge in [-0.05, 0) is 56.2 Å². The van der Waals surface area contributed by atoms with Gasteiger partial charge in [-0.15, -0.1) is 10.2 Å². The molecule has 0 saturated carbocycles. The molecule has 0 spiro atoms. The molecule has 0 bridgehead atoms. The number of hydrogen-bond acceptors (Lipinski definition) is 6. The van der Waals surface area contributed by atoms with E-state index in [1.165, 1.54) is 12.1 Å². The Morgan fingerprint density at radius 2 is 1.84 bits per heavy atom. The molecule has 158 valence electrons. The van der Waals surface area contributed by atoms with Gasteiger partial charge in [-0.1, -0.05) is 23.9 Å². The number of halogens is 1. The molecule has 2 aromatic heterocycles. The molecule has 1 atom stereocenters. The molecular formula is C23H22FN5OS. The lowest BCUT2D eigenvalue weighted by Gasteiger charge is -2.15. The second-order valence-electron chi connectivity index (χ2n) is 7.59. The first-order valence-electron chi connectivity index (χ1n) is 10.3. The number of aryl methyl sites for hydroxylation is 1. The first kappa shape index (κ1) is 20.1. The molecule has 0 radical (unpaired) electrons. The SMILES string of the molecule is Cc1nc2ccccc2nc1CSc1nnc(-c2ccc(F)cc2)n1C[C@@H]1CCCO1. The normalized spacial score (nSPS) is 16.3. The van der Waals surface area contributed by atoms with Crippen molar-refractivity contribution in [3.8, 4) is 11.4 Å². The highest BCUT2D eigenvalue weighted by molar-refractivity contribution is 7.98. The van der Waals surface area contributed by atoms with Crippen molar-refractivity contribution in [3.05, 3.63) is 65.7 Å². The predicted molar refractivity (Wildman–Crippen MR) is 118 cm³/mol. The smallest absolute Gasteiger partial charge is 0.191 e. The first-order chi connectivity index (χ1) is 15.2. The fourth-order valence-corrected chi connectivity index (χ4v) is 4.71. The Bertz CT molecular complexity index is 1200. The summed E-state index contributed by atoms with van der Waals surface area (Å²) in [5, 5.41) is 9.66. The summed E-state index contributed by atoms with van der Waals surface area (Å²) in [5.41, 5.74) is 4.46. The topological polar surface area (TPSA) is 65.7 Å². The van der Waals surface area contributed by atoms with Crippen molar-refractivity contribution >= 4 is 22.8 Å². The van der Waals surface area contributed by atoms with Gasteiger partial charge in [0.25, 0.3) is 0 Å². The van der Waals surface area contributed by atoms with E-state index in [1.807, 2.05) is 31.2 Å². The van der Waals surface area contributed by atoms with Gasteiger partial charge in [0.05, 0.1) is 35.1 Å². The summed E-state index contributed by atoms with van der Waals surface area (Å²) in [6.45, 7) is 3.44. The van der Waals surface area contributed by atoms with Crippen LogP contribution in [-0.4, -0.2) is 37.4 Å². The number of rotatable bonds is 6. The van der Waals surface area contributed by atoms with Gasteiger partial charge in [0.2, 0.25) is 0 Å². The van der Waals surface area contributed by atoms with Gasteiger partial charge in [-0.25, -0.2) is 14.4 Å². The fourth-order valence-electron chi connectivity index (χ4n) is 3.76. The van der Waals surface area contributed by atoms with Gasteiger partial charge in [0.1, 0.15) is 5.82 Å². The zero-order valence-corrected chi connectivity index (χ0v) is 18.0. The molecule has 1 fully saturated rings. The fraction of sp³-hybridized carbons (Fsp3) is 0.304. The number of thioether (sulfide) groups is 1. The van der Waals surface area contributed by atoms with E-state index in [2.05, 4.69) is 19.7 Å². The van der Waals surface area contributed by atoms with E-state index in [9.17, 15) is 4.39 Å². The largest absolute Gasteiger partial charge is 0.376 e. The summed E-state index contributed by atoms with van der Waals surface area (Å²) < 4.78 is 21.3. The third-order valence-electron chi connectivity index (χ3n) is 5.41. The number of fused-ring (bicyclic) bond motifs is 1. The summed E-state index contributed by atoms with van der Waals surface area (Å²) in [7, 11) is 0. The minimum atomic E-state index is -0.270. The van der Waals surface area contributed by atoms with Crippen molar-refractivity contribution in [1.29, 1.82) is 0 Å². The summed E-state index contributed by atoms with van der Waals surface area (Å²) in [6.07, 6.45) is 2.21. The van der Waals surface area contributed by atoms with E-state index in [0.29, 0.717) is 12.3 Å². The van der Waals surface area contributed by atoms with Crippen molar-refractivity contribution < 1.29 is 9.13 Å². The third kappa shape index (κ3) is 4.31. The molecule has 0 aliphatic carbocycles. The van der Waals surface area contributed by atoms with Crippen LogP contribution < -0.4 is 0 Å². The van der Waals surface area contributed by atoms with Crippen LogP contribution in [0.3, 0.4) is 0 Å². The van der Waals surface area contributed by atoms with Gasteiger partial charge >= 0.3 is 0 Å². The lowest BCUT2D eigenvalue weighted by Crippen LogP contribution is -2.16. The molecule has 31 heavy (non-hydrogen) atoms. The molecule has 1 saturated heterocycles. The van der Waals surface area contributed by atoms with Crippen LogP contribution in [0.1, 0.15) is 24.2 Å². The van der Waals surface area contributed by atoms with E-state index in [-0.39, 0.29) is 11.9 Å². The molecule has 1 aliphatic heterocycles. The first-order valence-corrected chi connectivity index (χ1v) is 11.3. The number of aromatic nitrogens is 5. The molecule has 5 rings (SSSR count). The lowest BCUT2D eigenvalue weighted by molar-refractivity contribution is 0.0953. The molecule has 6 nitrogen and oxygen atoms in total. The van der Waals surface area contributed by atoms with Gasteiger partial charge in [0, 0.05) is 17.9 Å². The highest BCUT2D eigenvalue weighted by Crippen LogP contribution is 2.29. The van der Waals surface area contributed by atoms with Crippen LogP contribution in [0, 0.1) is 12.7 Å². The van der Waals surface area contributed by atoms with Gasteiger partial charge in [0.15, 0.2) is 11.0 Å². The molecule has 0 N–H and O–H groups in total. The minimum Gasteiger partial charge on any atom is -0.376 e. The van der Waals surface area contributed by atoms with Crippen LogP contribution in [0.2, 0.25) is 0 Å². The van der Waals surface area contributed by atoms with Crippen LogP contribution in [0.4, 0.5) is 4.39 Å². The van der Waals surface area contributed by atoms with Crippen molar-refractivity contribution in [2.75, 3.05) is 6.61 Å². The second kappa shape index (κ2) is 8.72. The molecule has 8 heteroatoms. The Morgan fingerprint density at radius 3 is 2.58 bits per heavy atom. The second-order valence-corrected chi connectivity index (χ2v) is 8.53. The van der Waals surface area contributed by atoms with Crippen molar-refractivity contribution in [2.24, 2.45) is 0 Å². The van der Waals surface area contributed by atoms with Crippen molar-refractivity contribution in [3.63, 3.8) is 0 Å². The predicted octanol–water partition coefficient (Wildman–Crippen LogP) is 4.81. The highest BCUT2D eigenvalue weighted by atomic mass is 32.2. The maximum atomic E-state index is 13.4. The molecule has 0 amide bonds. The van der Waals surface area contributed by atoms with Crippen molar-refractivity contribution in [2.45, 2.75) is 43.3 Å². The highest BCUT2D eigenvalue weighted by Gasteiger charge is 2.22. The maximum Gasteiger partial charge on any atom is 0.191 e. The summed E-state index contributed by atoms with van der Waals surface area (Å²) in [5.74, 6) is 1.09. The average Bonchev–Trinajstić information content (AvgIpc) is 3.43. The summed E-state index contributed by atoms with van der Waals surface area (Å²) >= 11 is 1.58. The quantitative estimate of drug-likeness (QED) is 0.405. The maximum absolute atomic E-state index is 13.4. The van der Waals surface area contributed by atoms with Crippen LogP contribution in [-0.2, 0) is 17.0 Å². The van der Waals surface area contributed by atoms with E-state index in [0.717, 1.165) is 58.4 Å². The molecule has 1 aliphatic rings. The number of ether oxygens (including phenoxy) is 1. The monoisotopic (exact) mass is 435 g/mol. The lowest BCUT2D eigenvalue weighted by atomic mass is 10.2. The van der Waals surface area contributed by atoms with E-state index in [4.69, 9.17) is 9.72 Å². The van der Waals surface area contributed by atoms with Gasteiger partial charge < -0.3 is 4.74 Å². The van der Waals surface area contributed by atoms with Crippen LogP contribution >= 0.6 is 11.8 Å². The Labute approximate surface area is 183 Å². The number of nitrogens with zero attached hydrogens (tertiary/aromatic N) is 5. The van der Waals surface area contributed by atoms with E-state index in [1.54, 1.807) is 23.9 Å². The molecule has 0 unspecified atom stereocenters. The molecular weight excluding hydrogens is 413 g/mol. The number of para-hydroxylation sites is 2. The Balaban J connectivity index is 1.44. The van der Waals surface area contributed by atoms with Gasteiger partial charge in [-0.3, -0.25) is 4.57 Å².